The molecule has 0 bridgehead atoms. The first-order chi connectivity index (χ1) is 14.7. The van der Waals surface area contributed by atoms with Gasteiger partial charge in [-0.2, -0.15) is 5.26 Å². The van der Waals surface area contributed by atoms with Crippen molar-refractivity contribution in [2.45, 2.75) is 4.90 Å². The molecule has 0 unspecified atom stereocenters. The molecule has 9 nitrogen and oxygen atoms in total. The normalized spacial score (nSPS) is 10.7. The molecule has 156 valence electrons. The number of rotatable bonds is 7. The molecule has 0 atom stereocenters. The number of para-hydroxylation sites is 2. The Labute approximate surface area is 176 Å². The van der Waals surface area contributed by atoms with E-state index in [1.165, 1.54) is 42.5 Å². The maximum atomic E-state index is 12.7. The van der Waals surface area contributed by atoms with Gasteiger partial charge in [-0.05, 0) is 54.6 Å². The van der Waals surface area contributed by atoms with E-state index in [2.05, 4.69) is 4.72 Å². The number of carbonyl (C=O) groups is 2. The lowest BCUT2D eigenvalue weighted by Crippen LogP contribution is -2.13. The van der Waals surface area contributed by atoms with Crippen molar-refractivity contribution in [3.05, 3.63) is 83.4 Å². The highest BCUT2D eigenvalue weighted by Crippen LogP contribution is 2.32. The Bertz CT molecular complexity index is 1310. The highest BCUT2D eigenvalue weighted by atomic mass is 32.2. The molecular weight excluding hydrogens is 424 g/mol. The zero-order valence-corrected chi connectivity index (χ0v) is 16.5. The predicted molar refractivity (Wildman–Crippen MR) is 109 cm³/mol. The van der Waals surface area contributed by atoms with Crippen molar-refractivity contribution >= 4 is 27.6 Å². The minimum absolute atomic E-state index is 0.00687. The lowest BCUT2D eigenvalue weighted by Gasteiger charge is -2.14. The third-order valence-electron chi connectivity index (χ3n) is 4.10. The maximum Gasteiger partial charge on any atom is 0.336 e. The van der Waals surface area contributed by atoms with Gasteiger partial charge in [0.25, 0.3) is 10.0 Å². The largest absolute Gasteiger partial charge is 0.478 e. The van der Waals surface area contributed by atoms with Crippen LogP contribution in [-0.4, -0.2) is 30.6 Å². The molecule has 0 amide bonds. The van der Waals surface area contributed by atoms with Crippen LogP contribution in [0.1, 0.15) is 26.3 Å². The van der Waals surface area contributed by atoms with E-state index in [4.69, 9.17) is 15.1 Å². The summed E-state index contributed by atoms with van der Waals surface area (Å²) in [6.07, 6.45) is 0. The molecule has 3 rings (SSSR count). The molecule has 0 radical (unpaired) electrons. The summed E-state index contributed by atoms with van der Waals surface area (Å²) in [6.45, 7) is 0. The molecule has 10 heteroatoms. The molecule has 3 aromatic carbocycles. The number of hydrogen-bond acceptors (Lipinski definition) is 6. The van der Waals surface area contributed by atoms with E-state index in [1.807, 2.05) is 6.07 Å². The lowest BCUT2D eigenvalue weighted by atomic mass is 10.1. The topological polar surface area (TPSA) is 154 Å². The van der Waals surface area contributed by atoms with E-state index in [1.54, 1.807) is 12.1 Å². The SMILES string of the molecule is N#Cc1ccc(S(=O)(=O)Nc2ccccc2Oc2ccc(C(=O)O)c(C(=O)O)c2)cc1. The number of nitrogens with zero attached hydrogens (tertiary/aromatic N) is 1. The number of nitriles is 1. The molecule has 0 aliphatic carbocycles. The third-order valence-corrected chi connectivity index (χ3v) is 5.49. The van der Waals surface area contributed by atoms with Crippen LogP contribution >= 0.6 is 0 Å². The van der Waals surface area contributed by atoms with Crippen molar-refractivity contribution in [3.63, 3.8) is 0 Å². The smallest absolute Gasteiger partial charge is 0.336 e. The number of sulfonamides is 1. The second-order valence-electron chi connectivity index (χ2n) is 6.16. The van der Waals surface area contributed by atoms with Crippen molar-refractivity contribution in [3.8, 4) is 17.6 Å². The summed E-state index contributed by atoms with van der Waals surface area (Å²) in [5, 5.41) is 27.2. The summed E-state index contributed by atoms with van der Waals surface area (Å²) in [4.78, 5) is 22.5. The Hall–Kier alpha value is -4.36. The fourth-order valence-corrected chi connectivity index (χ4v) is 3.70. The van der Waals surface area contributed by atoms with Crippen LogP contribution in [0.4, 0.5) is 5.69 Å². The highest BCUT2D eigenvalue weighted by Gasteiger charge is 2.19. The number of benzene rings is 3. The summed E-state index contributed by atoms with van der Waals surface area (Å²) in [5.74, 6) is -2.77. The molecule has 0 aliphatic rings. The van der Waals surface area contributed by atoms with Crippen LogP contribution in [0, 0.1) is 11.3 Å². The molecule has 0 heterocycles. The molecule has 0 aliphatic heterocycles. The van der Waals surface area contributed by atoms with Gasteiger partial charge in [0.2, 0.25) is 0 Å². The molecule has 3 aromatic rings. The van der Waals surface area contributed by atoms with Gasteiger partial charge in [0.05, 0.1) is 33.3 Å². The second-order valence-corrected chi connectivity index (χ2v) is 7.84. The number of nitrogens with one attached hydrogen (secondary N) is 1. The van der Waals surface area contributed by atoms with Crippen LogP contribution in [0.5, 0.6) is 11.5 Å². The number of aromatic carboxylic acids is 2. The van der Waals surface area contributed by atoms with Crippen molar-refractivity contribution in [2.75, 3.05) is 4.72 Å². The van der Waals surface area contributed by atoms with Crippen LogP contribution in [0.2, 0.25) is 0 Å². The van der Waals surface area contributed by atoms with Crippen molar-refractivity contribution in [1.82, 2.24) is 0 Å². The minimum Gasteiger partial charge on any atom is -0.478 e. The van der Waals surface area contributed by atoms with Gasteiger partial charge in [-0.1, -0.05) is 12.1 Å². The highest BCUT2D eigenvalue weighted by molar-refractivity contribution is 7.92. The lowest BCUT2D eigenvalue weighted by molar-refractivity contribution is 0.0651. The first-order valence-electron chi connectivity index (χ1n) is 8.62. The molecule has 31 heavy (non-hydrogen) atoms. The van der Waals surface area contributed by atoms with Crippen LogP contribution < -0.4 is 9.46 Å². The maximum absolute atomic E-state index is 12.7. The minimum atomic E-state index is -4.00. The van der Waals surface area contributed by atoms with E-state index in [-0.39, 0.29) is 22.1 Å². The molecule has 0 fully saturated rings. The molecule has 0 aromatic heterocycles. The average molecular weight is 438 g/mol. The van der Waals surface area contributed by atoms with Crippen molar-refractivity contribution < 1.29 is 33.0 Å². The van der Waals surface area contributed by atoms with Gasteiger partial charge in [-0.15, -0.1) is 0 Å². The molecule has 0 saturated heterocycles. The Morgan fingerprint density at radius 1 is 0.903 bits per heavy atom. The third kappa shape index (κ3) is 4.80. The molecular formula is C21H14N2O7S. The molecule has 0 spiro atoms. The summed E-state index contributed by atoms with van der Waals surface area (Å²) >= 11 is 0. The Morgan fingerprint density at radius 3 is 2.16 bits per heavy atom. The average Bonchev–Trinajstić information content (AvgIpc) is 2.74. The number of carboxylic acid groups (broad SMARTS) is 2. The summed E-state index contributed by atoms with van der Waals surface area (Å²) in [5.41, 5.74) is -0.497. The Kier molecular flexibility index (Phi) is 5.90. The number of ether oxygens (including phenoxy) is 1. The summed E-state index contributed by atoms with van der Waals surface area (Å²) < 4.78 is 33.4. The Balaban J connectivity index is 1.92. The predicted octanol–water partition coefficient (Wildman–Crippen LogP) is 3.55. The van der Waals surface area contributed by atoms with Crippen molar-refractivity contribution in [2.24, 2.45) is 0 Å². The second kappa shape index (κ2) is 8.56. The monoisotopic (exact) mass is 438 g/mol. The van der Waals surface area contributed by atoms with Gasteiger partial charge in [0.1, 0.15) is 5.75 Å². The zero-order valence-electron chi connectivity index (χ0n) is 15.6. The van der Waals surface area contributed by atoms with Crippen LogP contribution in [0.15, 0.2) is 71.6 Å². The van der Waals surface area contributed by atoms with E-state index >= 15 is 0 Å². The van der Waals surface area contributed by atoms with E-state index in [0.29, 0.717) is 5.56 Å². The van der Waals surface area contributed by atoms with E-state index in [9.17, 15) is 23.1 Å². The fraction of sp³-hybridized carbons (Fsp3) is 0. The van der Waals surface area contributed by atoms with Crippen LogP contribution in [0.25, 0.3) is 0 Å². The Morgan fingerprint density at radius 2 is 1.55 bits per heavy atom. The van der Waals surface area contributed by atoms with Crippen LogP contribution in [0.3, 0.4) is 0 Å². The van der Waals surface area contributed by atoms with Gasteiger partial charge in [-0.3, -0.25) is 4.72 Å². The summed E-state index contributed by atoms with van der Waals surface area (Å²) in [7, 11) is -4.00. The van der Waals surface area contributed by atoms with Gasteiger partial charge < -0.3 is 14.9 Å². The number of anilines is 1. The molecule has 0 saturated carbocycles. The van der Waals surface area contributed by atoms with E-state index < -0.39 is 33.1 Å². The first kappa shape index (κ1) is 21.4. The van der Waals surface area contributed by atoms with Gasteiger partial charge >= 0.3 is 11.9 Å². The van der Waals surface area contributed by atoms with E-state index in [0.717, 1.165) is 12.1 Å². The van der Waals surface area contributed by atoms with Gasteiger partial charge in [0.15, 0.2) is 5.75 Å². The first-order valence-corrected chi connectivity index (χ1v) is 10.1. The standard InChI is InChI=1S/C21H14N2O7S/c22-12-13-5-8-15(9-6-13)31(28,29)23-18-3-1-2-4-19(18)30-14-7-10-16(20(24)25)17(11-14)21(26)27/h1-11,23H,(H,24,25)(H,26,27). The fourth-order valence-electron chi connectivity index (χ4n) is 2.63. The van der Waals surface area contributed by atoms with Gasteiger partial charge in [-0.25, -0.2) is 18.0 Å². The summed E-state index contributed by atoms with van der Waals surface area (Å²) in [6, 6.07) is 16.7. The van der Waals surface area contributed by atoms with Crippen LogP contribution in [-0.2, 0) is 10.0 Å². The zero-order chi connectivity index (χ0) is 22.6. The van der Waals surface area contributed by atoms with Gasteiger partial charge in [0, 0.05) is 0 Å². The number of hydrogen-bond donors (Lipinski definition) is 3. The molecule has 3 N–H and O–H groups in total. The van der Waals surface area contributed by atoms with Crippen molar-refractivity contribution in [1.29, 1.82) is 5.26 Å². The quantitative estimate of drug-likeness (QED) is 0.506. The number of carboxylic acids is 2.